The summed E-state index contributed by atoms with van der Waals surface area (Å²) in [7, 11) is 1.53. The summed E-state index contributed by atoms with van der Waals surface area (Å²) < 4.78 is 15.4. The number of carbonyl (C=O) groups excluding carboxylic acids is 1. The van der Waals surface area contributed by atoms with Crippen molar-refractivity contribution in [2.75, 3.05) is 13.9 Å². The number of methoxy groups -OCH3 is 1. The molecule has 0 fully saturated rings. The Morgan fingerprint density at radius 2 is 2.17 bits per heavy atom. The first-order valence-electron chi connectivity index (χ1n) is 5.67. The minimum Gasteiger partial charge on any atom is -0.444 e. The molecule has 0 heterocycles. The van der Waals surface area contributed by atoms with Gasteiger partial charge in [0.05, 0.1) is 0 Å². The van der Waals surface area contributed by atoms with Crippen LogP contribution in [0.25, 0.3) is 0 Å². The average molecular weight is 253 g/mol. The average Bonchev–Trinajstić information content (AvgIpc) is 2.28. The fourth-order valence-electron chi connectivity index (χ4n) is 1.74. The molecule has 0 bridgehead atoms. The van der Waals surface area contributed by atoms with Crippen LogP contribution >= 0.6 is 0 Å². The molecule has 0 spiro atoms. The molecule has 5 heteroatoms. The van der Waals surface area contributed by atoms with Crippen LogP contribution in [0.3, 0.4) is 0 Å². The first kappa shape index (κ1) is 14.5. The maximum absolute atomic E-state index is 10.8. The van der Waals surface area contributed by atoms with Crippen LogP contribution in [0, 0.1) is 6.92 Å². The molecule has 0 saturated heterocycles. The zero-order valence-electron chi connectivity index (χ0n) is 10.9. The van der Waals surface area contributed by atoms with E-state index in [4.69, 9.17) is 19.9 Å². The lowest BCUT2D eigenvalue weighted by Gasteiger charge is -2.24. The number of benzene rings is 1. The predicted molar refractivity (Wildman–Crippen MR) is 67.0 cm³/mol. The number of hydrogen-bond donors (Lipinski definition) is 1. The topological polar surface area (TPSA) is 70.8 Å². The van der Waals surface area contributed by atoms with Crippen molar-refractivity contribution in [1.29, 1.82) is 0 Å². The molecule has 0 saturated carbocycles. The van der Waals surface area contributed by atoms with Crippen molar-refractivity contribution in [3.63, 3.8) is 0 Å². The summed E-state index contributed by atoms with van der Waals surface area (Å²) >= 11 is 0. The molecule has 0 aliphatic carbocycles. The molecule has 18 heavy (non-hydrogen) atoms. The van der Waals surface area contributed by atoms with E-state index in [0.29, 0.717) is 0 Å². The van der Waals surface area contributed by atoms with E-state index in [1.807, 2.05) is 31.2 Å². The van der Waals surface area contributed by atoms with Gasteiger partial charge in [0, 0.05) is 7.11 Å². The maximum atomic E-state index is 10.8. The van der Waals surface area contributed by atoms with Crippen LogP contribution in [0.5, 0.6) is 0 Å². The van der Waals surface area contributed by atoms with Crippen LogP contribution in [0.1, 0.15) is 24.2 Å². The molecule has 0 aliphatic heterocycles. The Labute approximate surface area is 107 Å². The number of ether oxygens (including phenoxy) is 3. The number of rotatable bonds is 6. The lowest BCUT2D eigenvalue weighted by molar-refractivity contribution is -0.111. The van der Waals surface area contributed by atoms with Crippen molar-refractivity contribution in [2.24, 2.45) is 5.73 Å². The van der Waals surface area contributed by atoms with E-state index in [1.165, 1.54) is 7.11 Å². The minimum absolute atomic E-state index is 0.116. The van der Waals surface area contributed by atoms with Gasteiger partial charge in [0.2, 0.25) is 0 Å². The molecule has 1 amide bonds. The maximum Gasteiger partial charge on any atom is 0.404 e. The Balaban J connectivity index is 2.86. The van der Waals surface area contributed by atoms with Crippen LogP contribution in [-0.4, -0.2) is 26.1 Å². The van der Waals surface area contributed by atoms with Crippen molar-refractivity contribution in [1.82, 2.24) is 0 Å². The molecular weight excluding hydrogens is 234 g/mol. The van der Waals surface area contributed by atoms with Crippen LogP contribution < -0.4 is 5.73 Å². The van der Waals surface area contributed by atoms with E-state index in [-0.39, 0.29) is 6.79 Å². The second-order valence-electron chi connectivity index (χ2n) is 4.05. The number of primary amides is 1. The van der Waals surface area contributed by atoms with Gasteiger partial charge in [-0.1, -0.05) is 29.8 Å². The summed E-state index contributed by atoms with van der Waals surface area (Å²) in [6.45, 7) is 3.83. The summed E-state index contributed by atoms with van der Waals surface area (Å²) in [5.74, 6) is 0. The zero-order valence-corrected chi connectivity index (χ0v) is 10.9. The van der Waals surface area contributed by atoms with E-state index in [9.17, 15) is 4.79 Å². The molecule has 0 aliphatic rings. The summed E-state index contributed by atoms with van der Waals surface area (Å²) in [6.07, 6.45) is -1.71. The van der Waals surface area contributed by atoms with Crippen molar-refractivity contribution in [3.8, 4) is 0 Å². The van der Waals surface area contributed by atoms with Gasteiger partial charge in [-0.25, -0.2) is 4.79 Å². The van der Waals surface area contributed by atoms with Gasteiger partial charge in [-0.3, -0.25) is 0 Å². The SMILES string of the molecule is COCOC(c1cccc(C)c1)C(C)OC(N)=O. The Morgan fingerprint density at radius 3 is 2.72 bits per heavy atom. The Morgan fingerprint density at radius 1 is 1.44 bits per heavy atom. The van der Waals surface area contributed by atoms with Gasteiger partial charge in [-0.2, -0.15) is 0 Å². The van der Waals surface area contributed by atoms with Crippen LogP contribution in [0.4, 0.5) is 4.79 Å². The van der Waals surface area contributed by atoms with Gasteiger partial charge in [-0.05, 0) is 19.4 Å². The van der Waals surface area contributed by atoms with Gasteiger partial charge < -0.3 is 19.9 Å². The zero-order chi connectivity index (χ0) is 13.5. The normalized spacial score (nSPS) is 13.9. The molecule has 5 nitrogen and oxygen atoms in total. The van der Waals surface area contributed by atoms with Crippen LogP contribution in [0.15, 0.2) is 24.3 Å². The lowest BCUT2D eigenvalue weighted by atomic mass is 10.0. The third-order valence-corrected chi connectivity index (χ3v) is 2.46. The second kappa shape index (κ2) is 6.98. The highest BCUT2D eigenvalue weighted by atomic mass is 16.7. The molecule has 2 atom stereocenters. The Kier molecular flexibility index (Phi) is 5.61. The molecule has 100 valence electrons. The summed E-state index contributed by atoms with van der Waals surface area (Å²) in [5, 5.41) is 0. The molecule has 1 rings (SSSR count). The molecule has 2 unspecified atom stereocenters. The Hall–Kier alpha value is -1.59. The highest BCUT2D eigenvalue weighted by Crippen LogP contribution is 2.24. The Bertz CT molecular complexity index is 394. The summed E-state index contributed by atoms with van der Waals surface area (Å²) in [5.41, 5.74) is 7.04. The summed E-state index contributed by atoms with van der Waals surface area (Å²) in [4.78, 5) is 10.8. The predicted octanol–water partition coefficient (Wildman–Crippen LogP) is 2.14. The number of carbonyl (C=O) groups is 1. The molecule has 1 aromatic rings. The van der Waals surface area contributed by atoms with Gasteiger partial charge >= 0.3 is 6.09 Å². The van der Waals surface area contributed by atoms with Crippen LogP contribution in [-0.2, 0) is 14.2 Å². The highest BCUT2D eigenvalue weighted by molar-refractivity contribution is 5.64. The van der Waals surface area contributed by atoms with E-state index in [0.717, 1.165) is 11.1 Å². The smallest absolute Gasteiger partial charge is 0.404 e. The quantitative estimate of drug-likeness (QED) is 0.788. The first-order valence-corrected chi connectivity index (χ1v) is 5.67. The fraction of sp³-hybridized carbons (Fsp3) is 0.462. The molecule has 0 aromatic heterocycles. The van der Waals surface area contributed by atoms with Crippen molar-refractivity contribution >= 4 is 6.09 Å². The number of nitrogens with two attached hydrogens (primary N) is 1. The summed E-state index contributed by atoms with van der Waals surface area (Å²) in [6, 6.07) is 7.79. The molecular formula is C13H19NO4. The second-order valence-corrected chi connectivity index (χ2v) is 4.05. The third kappa shape index (κ3) is 4.35. The number of aryl methyl sites for hydroxylation is 1. The number of hydrogen-bond acceptors (Lipinski definition) is 4. The number of amides is 1. The fourth-order valence-corrected chi connectivity index (χ4v) is 1.74. The van der Waals surface area contributed by atoms with Crippen LogP contribution in [0.2, 0.25) is 0 Å². The van der Waals surface area contributed by atoms with Crippen molar-refractivity contribution in [2.45, 2.75) is 26.1 Å². The van der Waals surface area contributed by atoms with E-state index < -0.39 is 18.3 Å². The van der Waals surface area contributed by atoms with Gasteiger partial charge in [0.15, 0.2) is 0 Å². The molecule has 0 radical (unpaired) electrons. The highest BCUT2D eigenvalue weighted by Gasteiger charge is 2.23. The third-order valence-electron chi connectivity index (χ3n) is 2.46. The molecule has 1 aromatic carbocycles. The monoisotopic (exact) mass is 253 g/mol. The lowest BCUT2D eigenvalue weighted by Crippen LogP contribution is -2.28. The standard InChI is InChI=1S/C13H19NO4/c1-9-5-4-6-11(7-9)12(17-8-16-3)10(2)18-13(14)15/h4-7,10,12H,8H2,1-3H3,(H2,14,15). The van der Waals surface area contributed by atoms with Crippen molar-refractivity contribution < 1.29 is 19.0 Å². The first-order chi connectivity index (χ1) is 8.54. The van der Waals surface area contributed by atoms with E-state index in [2.05, 4.69) is 0 Å². The minimum atomic E-state index is -0.818. The van der Waals surface area contributed by atoms with E-state index >= 15 is 0 Å². The largest absolute Gasteiger partial charge is 0.444 e. The van der Waals surface area contributed by atoms with Gasteiger partial charge in [0.1, 0.15) is 19.0 Å². The van der Waals surface area contributed by atoms with Crippen molar-refractivity contribution in [3.05, 3.63) is 35.4 Å². The van der Waals surface area contributed by atoms with E-state index in [1.54, 1.807) is 6.92 Å². The van der Waals surface area contributed by atoms with Gasteiger partial charge in [0.25, 0.3) is 0 Å². The van der Waals surface area contributed by atoms with Gasteiger partial charge in [-0.15, -0.1) is 0 Å². The molecule has 2 N–H and O–H groups in total.